The van der Waals surface area contributed by atoms with Crippen LogP contribution in [0.3, 0.4) is 0 Å². The SMILES string of the molecule is O=C(Nc1ccc(S(=O)(=O)N2CCOCC2)cc1)C1CCCC1. The fourth-order valence-corrected chi connectivity index (χ4v) is 4.49. The summed E-state index contributed by atoms with van der Waals surface area (Å²) < 4.78 is 31.6. The first kappa shape index (κ1) is 16.4. The Kier molecular flexibility index (Phi) is 4.99. The third-order valence-corrected chi connectivity index (χ3v) is 6.37. The molecule has 0 radical (unpaired) electrons. The minimum absolute atomic E-state index is 0.0336. The van der Waals surface area contributed by atoms with Crippen LogP contribution in [0.15, 0.2) is 29.2 Å². The van der Waals surface area contributed by atoms with Gasteiger partial charge in [-0.1, -0.05) is 12.8 Å². The highest BCUT2D eigenvalue weighted by atomic mass is 32.2. The van der Waals surface area contributed by atoms with E-state index in [1.165, 1.54) is 4.31 Å². The van der Waals surface area contributed by atoms with Gasteiger partial charge in [0.1, 0.15) is 0 Å². The molecule has 1 aliphatic carbocycles. The maximum atomic E-state index is 12.5. The molecule has 1 saturated carbocycles. The van der Waals surface area contributed by atoms with Gasteiger partial charge in [0.15, 0.2) is 0 Å². The second-order valence-corrected chi connectivity index (χ2v) is 7.95. The molecule has 1 aromatic carbocycles. The lowest BCUT2D eigenvalue weighted by Crippen LogP contribution is -2.40. The molecule has 0 spiro atoms. The molecule has 23 heavy (non-hydrogen) atoms. The van der Waals surface area contributed by atoms with Crippen molar-refractivity contribution < 1.29 is 17.9 Å². The third-order valence-electron chi connectivity index (χ3n) is 4.46. The van der Waals surface area contributed by atoms with Crippen molar-refractivity contribution in [2.24, 2.45) is 5.92 Å². The van der Waals surface area contributed by atoms with Crippen molar-refractivity contribution in [2.75, 3.05) is 31.6 Å². The van der Waals surface area contributed by atoms with Crippen molar-refractivity contribution in [3.8, 4) is 0 Å². The standard InChI is InChI=1S/C16H22N2O4S/c19-16(13-3-1-2-4-13)17-14-5-7-15(8-6-14)23(20,21)18-9-11-22-12-10-18/h5-8,13H,1-4,9-12H2,(H,17,19). The number of nitrogens with zero attached hydrogens (tertiary/aromatic N) is 1. The molecule has 2 aliphatic rings. The van der Waals surface area contributed by atoms with E-state index in [0.29, 0.717) is 32.0 Å². The molecular weight excluding hydrogens is 316 g/mol. The number of benzene rings is 1. The molecule has 6 nitrogen and oxygen atoms in total. The summed E-state index contributed by atoms with van der Waals surface area (Å²) in [6, 6.07) is 6.41. The maximum absolute atomic E-state index is 12.5. The normalized spacial score (nSPS) is 20.5. The summed E-state index contributed by atoms with van der Waals surface area (Å²) in [7, 11) is -3.48. The molecule has 0 unspecified atom stereocenters. The van der Waals surface area contributed by atoms with Gasteiger partial charge in [0.05, 0.1) is 18.1 Å². The predicted molar refractivity (Wildman–Crippen MR) is 86.6 cm³/mol. The molecule has 126 valence electrons. The van der Waals surface area contributed by atoms with Gasteiger partial charge < -0.3 is 10.1 Å². The van der Waals surface area contributed by atoms with Crippen LogP contribution in [0.2, 0.25) is 0 Å². The lowest BCUT2D eigenvalue weighted by Gasteiger charge is -2.26. The molecule has 1 aliphatic heterocycles. The lowest BCUT2D eigenvalue weighted by molar-refractivity contribution is -0.119. The van der Waals surface area contributed by atoms with Crippen LogP contribution in [0, 0.1) is 5.92 Å². The van der Waals surface area contributed by atoms with Crippen LogP contribution in [-0.2, 0) is 19.6 Å². The van der Waals surface area contributed by atoms with Crippen LogP contribution < -0.4 is 5.32 Å². The summed E-state index contributed by atoms with van der Waals surface area (Å²) in [6.07, 6.45) is 4.09. The summed E-state index contributed by atoms with van der Waals surface area (Å²) in [5, 5.41) is 2.87. The Morgan fingerprint density at radius 3 is 2.30 bits per heavy atom. The van der Waals surface area contributed by atoms with Gasteiger partial charge in [-0.15, -0.1) is 0 Å². The van der Waals surface area contributed by atoms with E-state index in [-0.39, 0.29) is 16.7 Å². The number of nitrogens with one attached hydrogen (secondary N) is 1. The number of sulfonamides is 1. The Balaban J connectivity index is 1.67. The van der Waals surface area contributed by atoms with Crippen molar-refractivity contribution in [1.29, 1.82) is 0 Å². The van der Waals surface area contributed by atoms with E-state index in [9.17, 15) is 13.2 Å². The Bertz CT molecular complexity index is 645. The number of amides is 1. The van der Waals surface area contributed by atoms with E-state index in [0.717, 1.165) is 25.7 Å². The highest BCUT2D eigenvalue weighted by Gasteiger charge is 2.26. The molecule has 1 heterocycles. The second-order valence-electron chi connectivity index (χ2n) is 6.01. The first-order valence-corrected chi connectivity index (χ1v) is 9.50. The largest absolute Gasteiger partial charge is 0.379 e. The first-order chi connectivity index (χ1) is 11.1. The molecule has 7 heteroatoms. The number of ether oxygens (including phenoxy) is 1. The van der Waals surface area contributed by atoms with Gasteiger partial charge in [0.2, 0.25) is 15.9 Å². The average Bonchev–Trinajstić information content (AvgIpc) is 3.11. The van der Waals surface area contributed by atoms with Gasteiger partial charge in [-0.2, -0.15) is 4.31 Å². The smallest absolute Gasteiger partial charge is 0.243 e. The van der Waals surface area contributed by atoms with E-state index in [2.05, 4.69) is 5.32 Å². The van der Waals surface area contributed by atoms with Crippen molar-refractivity contribution in [2.45, 2.75) is 30.6 Å². The van der Waals surface area contributed by atoms with Crippen molar-refractivity contribution >= 4 is 21.6 Å². The molecular formula is C16H22N2O4S. The summed E-state index contributed by atoms with van der Waals surface area (Å²) in [5.41, 5.74) is 0.642. The number of morpholine rings is 1. The minimum Gasteiger partial charge on any atom is -0.379 e. The molecule has 1 amide bonds. The van der Waals surface area contributed by atoms with E-state index < -0.39 is 10.0 Å². The highest BCUT2D eigenvalue weighted by molar-refractivity contribution is 7.89. The van der Waals surface area contributed by atoms with Gasteiger partial charge in [-0.3, -0.25) is 4.79 Å². The van der Waals surface area contributed by atoms with E-state index in [1.807, 2.05) is 0 Å². The zero-order chi connectivity index (χ0) is 16.3. The Hall–Kier alpha value is -1.44. The molecule has 1 saturated heterocycles. The van der Waals surface area contributed by atoms with Crippen LogP contribution in [0.1, 0.15) is 25.7 Å². The topological polar surface area (TPSA) is 75.7 Å². The Labute approximate surface area is 136 Å². The van der Waals surface area contributed by atoms with Gasteiger partial charge >= 0.3 is 0 Å². The second kappa shape index (κ2) is 6.98. The molecule has 0 atom stereocenters. The fourth-order valence-electron chi connectivity index (χ4n) is 3.08. The van der Waals surface area contributed by atoms with Crippen molar-refractivity contribution in [3.63, 3.8) is 0 Å². The van der Waals surface area contributed by atoms with Gasteiger partial charge in [0, 0.05) is 24.7 Å². The van der Waals surface area contributed by atoms with Crippen molar-refractivity contribution in [1.82, 2.24) is 4.31 Å². The Morgan fingerprint density at radius 2 is 1.70 bits per heavy atom. The zero-order valence-corrected chi connectivity index (χ0v) is 13.8. The first-order valence-electron chi connectivity index (χ1n) is 8.06. The van der Waals surface area contributed by atoms with Crippen LogP contribution in [-0.4, -0.2) is 44.9 Å². The number of carbonyl (C=O) groups excluding carboxylic acids is 1. The van der Waals surface area contributed by atoms with Gasteiger partial charge in [-0.05, 0) is 37.1 Å². The number of hydrogen-bond acceptors (Lipinski definition) is 4. The maximum Gasteiger partial charge on any atom is 0.243 e. The van der Waals surface area contributed by atoms with E-state index in [1.54, 1.807) is 24.3 Å². The monoisotopic (exact) mass is 338 g/mol. The molecule has 1 aromatic rings. The van der Waals surface area contributed by atoms with E-state index in [4.69, 9.17) is 4.74 Å². The van der Waals surface area contributed by atoms with Crippen LogP contribution >= 0.6 is 0 Å². The summed E-state index contributed by atoms with van der Waals surface area (Å²) in [4.78, 5) is 12.3. The summed E-state index contributed by atoms with van der Waals surface area (Å²) in [5.74, 6) is 0.123. The zero-order valence-electron chi connectivity index (χ0n) is 13.0. The molecule has 3 rings (SSSR count). The van der Waals surface area contributed by atoms with E-state index >= 15 is 0 Å². The molecule has 1 N–H and O–H groups in total. The summed E-state index contributed by atoms with van der Waals surface area (Å²) >= 11 is 0. The van der Waals surface area contributed by atoms with Crippen LogP contribution in [0.25, 0.3) is 0 Å². The quantitative estimate of drug-likeness (QED) is 0.909. The van der Waals surface area contributed by atoms with Gasteiger partial charge in [-0.25, -0.2) is 8.42 Å². The third kappa shape index (κ3) is 3.73. The summed E-state index contributed by atoms with van der Waals surface area (Å²) in [6.45, 7) is 1.61. The minimum atomic E-state index is -3.48. The molecule has 0 aromatic heterocycles. The fraction of sp³-hybridized carbons (Fsp3) is 0.562. The number of carbonyl (C=O) groups is 1. The number of rotatable bonds is 4. The Morgan fingerprint density at radius 1 is 1.09 bits per heavy atom. The van der Waals surface area contributed by atoms with Gasteiger partial charge in [0.25, 0.3) is 0 Å². The number of anilines is 1. The average molecular weight is 338 g/mol. The molecule has 2 fully saturated rings. The number of hydrogen-bond donors (Lipinski definition) is 1. The highest BCUT2D eigenvalue weighted by Crippen LogP contribution is 2.26. The predicted octanol–water partition coefficient (Wildman–Crippen LogP) is 1.84. The van der Waals surface area contributed by atoms with Crippen LogP contribution in [0.4, 0.5) is 5.69 Å². The molecule has 0 bridgehead atoms. The lowest BCUT2D eigenvalue weighted by atomic mass is 10.1. The van der Waals surface area contributed by atoms with Crippen LogP contribution in [0.5, 0.6) is 0 Å². The van der Waals surface area contributed by atoms with Crippen molar-refractivity contribution in [3.05, 3.63) is 24.3 Å².